The van der Waals surface area contributed by atoms with Crippen LogP contribution in [0.25, 0.3) is 0 Å². The van der Waals surface area contributed by atoms with Gasteiger partial charge in [-0.05, 0) is 43.7 Å². The Kier molecular flexibility index (Phi) is 4.55. The molecule has 1 saturated carbocycles. The van der Waals surface area contributed by atoms with E-state index < -0.39 is 0 Å². The smallest absolute Gasteiger partial charge is 0.0541 e. The molecule has 2 nitrogen and oxygen atoms in total. The molecule has 0 radical (unpaired) electrons. The third kappa shape index (κ3) is 4.12. The van der Waals surface area contributed by atoms with E-state index in [-0.39, 0.29) is 0 Å². The lowest BCUT2D eigenvalue weighted by Crippen LogP contribution is -2.28. The fraction of sp³-hybridized carbons (Fsp3) is 0.667. The summed E-state index contributed by atoms with van der Waals surface area (Å²) in [5.41, 5.74) is 2.39. The molecule has 1 aromatic heterocycles. The first kappa shape index (κ1) is 12.6. The van der Waals surface area contributed by atoms with Gasteiger partial charge in [0.15, 0.2) is 0 Å². The first-order valence-corrected chi connectivity index (χ1v) is 6.89. The number of hydrogen-bond donors (Lipinski definition) is 1. The highest BCUT2D eigenvalue weighted by Crippen LogP contribution is 2.22. The Morgan fingerprint density at radius 3 is 2.88 bits per heavy atom. The molecule has 0 spiro atoms. The molecule has 0 saturated heterocycles. The van der Waals surface area contributed by atoms with Crippen LogP contribution in [0.3, 0.4) is 0 Å². The van der Waals surface area contributed by atoms with E-state index in [1.807, 2.05) is 6.20 Å². The van der Waals surface area contributed by atoms with Gasteiger partial charge in [0.05, 0.1) is 5.69 Å². The van der Waals surface area contributed by atoms with E-state index in [0.29, 0.717) is 6.04 Å². The van der Waals surface area contributed by atoms with Crippen molar-refractivity contribution in [2.75, 3.05) is 0 Å². The van der Waals surface area contributed by atoms with Crippen LogP contribution in [-0.2, 0) is 6.54 Å². The van der Waals surface area contributed by atoms with Crippen LogP contribution >= 0.6 is 0 Å². The van der Waals surface area contributed by atoms with Gasteiger partial charge >= 0.3 is 0 Å². The number of aryl methyl sites for hydroxylation is 1. The SMILES string of the molecule is Cc1ccc(CNC2CCCC(C)CC2)nc1. The van der Waals surface area contributed by atoms with Crippen molar-refractivity contribution < 1.29 is 0 Å². The van der Waals surface area contributed by atoms with Gasteiger partial charge in [0.1, 0.15) is 0 Å². The number of hydrogen-bond acceptors (Lipinski definition) is 2. The Labute approximate surface area is 105 Å². The van der Waals surface area contributed by atoms with Crippen LogP contribution in [0.5, 0.6) is 0 Å². The zero-order valence-electron chi connectivity index (χ0n) is 11.1. The summed E-state index contributed by atoms with van der Waals surface area (Å²) in [7, 11) is 0. The maximum Gasteiger partial charge on any atom is 0.0541 e. The van der Waals surface area contributed by atoms with Crippen LogP contribution in [-0.4, -0.2) is 11.0 Å². The first-order chi connectivity index (χ1) is 8.24. The second-order valence-electron chi connectivity index (χ2n) is 5.52. The Bertz CT molecular complexity index is 331. The third-order valence-electron chi connectivity index (χ3n) is 3.80. The molecule has 1 aliphatic carbocycles. The largest absolute Gasteiger partial charge is 0.308 e. The minimum absolute atomic E-state index is 0.697. The van der Waals surface area contributed by atoms with Crippen LogP contribution in [0.15, 0.2) is 18.3 Å². The molecule has 2 heteroatoms. The van der Waals surface area contributed by atoms with Crippen LogP contribution in [0.2, 0.25) is 0 Å². The van der Waals surface area contributed by atoms with E-state index in [2.05, 4.69) is 36.3 Å². The Morgan fingerprint density at radius 1 is 1.24 bits per heavy atom. The number of aromatic nitrogens is 1. The third-order valence-corrected chi connectivity index (χ3v) is 3.80. The van der Waals surface area contributed by atoms with Crippen molar-refractivity contribution in [3.8, 4) is 0 Å². The molecule has 0 aromatic carbocycles. The van der Waals surface area contributed by atoms with E-state index in [1.165, 1.54) is 37.7 Å². The highest BCUT2D eigenvalue weighted by Gasteiger charge is 2.15. The van der Waals surface area contributed by atoms with Crippen molar-refractivity contribution in [3.63, 3.8) is 0 Å². The van der Waals surface area contributed by atoms with Gasteiger partial charge in [-0.15, -0.1) is 0 Å². The zero-order chi connectivity index (χ0) is 12.1. The summed E-state index contributed by atoms with van der Waals surface area (Å²) >= 11 is 0. The summed E-state index contributed by atoms with van der Waals surface area (Å²) in [4.78, 5) is 4.44. The quantitative estimate of drug-likeness (QED) is 0.807. The van der Waals surface area contributed by atoms with Crippen molar-refractivity contribution in [1.82, 2.24) is 10.3 Å². The Balaban J connectivity index is 1.79. The maximum atomic E-state index is 4.44. The van der Waals surface area contributed by atoms with Gasteiger partial charge in [-0.3, -0.25) is 4.98 Å². The molecule has 0 bridgehead atoms. The summed E-state index contributed by atoms with van der Waals surface area (Å²) in [6, 6.07) is 4.96. The number of nitrogens with zero attached hydrogens (tertiary/aromatic N) is 1. The molecule has 94 valence electrons. The molecular weight excluding hydrogens is 208 g/mol. The topological polar surface area (TPSA) is 24.9 Å². The minimum atomic E-state index is 0.697. The molecule has 1 aromatic rings. The molecule has 1 fully saturated rings. The number of rotatable bonds is 3. The van der Waals surface area contributed by atoms with Crippen molar-refractivity contribution in [3.05, 3.63) is 29.6 Å². The predicted octanol–water partition coefficient (Wildman–Crippen LogP) is 3.45. The van der Waals surface area contributed by atoms with E-state index in [4.69, 9.17) is 0 Å². The van der Waals surface area contributed by atoms with E-state index in [1.54, 1.807) is 0 Å². The summed E-state index contributed by atoms with van der Waals surface area (Å²) in [5.74, 6) is 0.916. The van der Waals surface area contributed by atoms with Gasteiger partial charge in [-0.25, -0.2) is 0 Å². The molecule has 2 unspecified atom stereocenters. The Morgan fingerprint density at radius 2 is 2.12 bits per heavy atom. The van der Waals surface area contributed by atoms with Crippen molar-refractivity contribution in [2.24, 2.45) is 5.92 Å². The lowest BCUT2D eigenvalue weighted by Gasteiger charge is -2.16. The fourth-order valence-corrected chi connectivity index (χ4v) is 2.54. The molecular formula is C15H24N2. The summed E-state index contributed by atoms with van der Waals surface area (Å²) < 4.78 is 0. The van der Waals surface area contributed by atoms with E-state index >= 15 is 0 Å². The van der Waals surface area contributed by atoms with Gasteiger partial charge in [-0.1, -0.05) is 25.8 Å². The van der Waals surface area contributed by atoms with E-state index in [0.717, 1.165) is 18.2 Å². The van der Waals surface area contributed by atoms with Crippen LogP contribution in [0, 0.1) is 12.8 Å². The lowest BCUT2D eigenvalue weighted by molar-refractivity contribution is 0.445. The molecule has 2 atom stereocenters. The van der Waals surface area contributed by atoms with Gasteiger partial charge in [-0.2, -0.15) is 0 Å². The highest BCUT2D eigenvalue weighted by molar-refractivity contribution is 5.12. The fourth-order valence-electron chi connectivity index (χ4n) is 2.54. The average molecular weight is 232 g/mol. The minimum Gasteiger partial charge on any atom is -0.308 e. The zero-order valence-corrected chi connectivity index (χ0v) is 11.1. The van der Waals surface area contributed by atoms with Gasteiger partial charge in [0, 0.05) is 18.8 Å². The Hall–Kier alpha value is -0.890. The predicted molar refractivity (Wildman–Crippen MR) is 71.9 cm³/mol. The van der Waals surface area contributed by atoms with Gasteiger partial charge in [0.2, 0.25) is 0 Å². The summed E-state index contributed by atoms with van der Waals surface area (Å²) in [5, 5.41) is 3.66. The standard InChI is InChI=1S/C15H24N2/c1-12-4-3-5-14(8-6-12)17-11-15-9-7-13(2)10-16-15/h7,9-10,12,14,17H,3-6,8,11H2,1-2H3. The molecule has 17 heavy (non-hydrogen) atoms. The van der Waals surface area contributed by atoms with Gasteiger partial charge in [0.25, 0.3) is 0 Å². The first-order valence-electron chi connectivity index (χ1n) is 6.89. The summed E-state index contributed by atoms with van der Waals surface area (Å²) in [6.07, 6.45) is 8.76. The molecule has 0 aliphatic heterocycles. The van der Waals surface area contributed by atoms with Crippen molar-refractivity contribution in [1.29, 1.82) is 0 Å². The van der Waals surface area contributed by atoms with Gasteiger partial charge < -0.3 is 5.32 Å². The average Bonchev–Trinajstić information content (AvgIpc) is 2.54. The lowest BCUT2D eigenvalue weighted by atomic mass is 10.0. The normalized spacial score (nSPS) is 25.5. The second kappa shape index (κ2) is 6.15. The van der Waals surface area contributed by atoms with Crippen molar-refractivity contribution >= 4 is 0 Å². The molecule has 1 N–H and O–H groups in total. The molecule has 0 amide bonds. The number of nitrogens with one attached hydrogen (secondary N) is 1. The second-order valence-corrected chi connectivity index (χ2v) is 5.52. The van der Waals surface area contributed by atoms with Crippen LogP contribution in [0.1, 0.15) is 50.3 Å². The highest BCUT2D eigenvalue weighted by atomic mass is 14.9. The number of pyridine rings is 1. The molecule has 2 rings (SSSR count). The molecule has 1 heterocycles. The summed E-state index contributed by atoms with van der Waals surface area (Å²) in [6.45, 7) is 5.38. The van der Waals surface area contributed by atoms with Crippen LogP contribution in [0.4, 0.5) is 0 Å². The van der Waals surface area contributed by atoms with Crippen LogP contribution < -0.4 is 5.32 Å². The van der Waals surface area contributed by atoms with Crippen molar-refractivity contribution in [2.45, 2.75) is 58.5 Å². The monoisotopic (exact) mass is 232 g/mol. The van der Waals surface area contributed by atoms with E-state index in [9.17, 15) is 0 Å². The molecule has 1 aliphatic rings. The maximum absolute atomic E-state index is 4.44.